The van der Waals surface area contributed by atoms with Gasteiger partial charge in [0, 0.05) is 31.9 Å². The number of hydrogen-bond donors (Lipinski definition) is 0. The van der Waals surface area contributed by atoms with Crippen LogP contribution in [0.15, 0.2) is 36.7 Å². The minimum Gasteiger partial charge on any atom is -0.341 e. The van der Waals surface area contributed by atoms with Crippen molar-refractivity contribution < 1.29 is 9.18 Å². The Bertz CT molecular complexity index is 607. The third-order valence-electron chi connectivity index (χ3n) is 2.81. The first-order valence-corrected chi connectivity index (χ1v) is 6.42. The lowest BCUT2D eigenvalue weighted by Gasteiger charge is -2.17. The Morgan fingerprint density at radius 3 is 2.90 bits per heavy atom. The molecule has 0 aromatic carbocycles. The molecule has 0 atom stereocenters. The van der Waals surface area contributed by atoms with Crippen LogP contribution in [0.5, 0.6) is 0 Å². The molecule has 0 fully saturated rings. The first kappa shape index (κ1) is 14.4. The molecule has 0 saturated carbocycles. The molecule has 4 nitrogen and oxygen atoms in total. The number of aromatic nitrogens is 2. The number of carbonyl (C=O) groups is 1. The maximum atomic E-state index is 13.1. The van der Waals surface area contributed by atoms with Crippen molar-refractivity contribution in [2.24, 2.45) is 0 Å². The number of nitrogens with zero attached hydrogens (tertiary/aromatic N) is 3. The number of carbonyl (C=O) groups excluding carboxylic acids is 1. The van der Waals surface area contributed by atoms with E-state index in [9.17, 15) is 9.18 Å². The summed E-state index contributed by atoms with van der Waals surface area (Å²) < 4.78 is 13.1. The van der Waals surface area contributed by atoms with Crippen LogP contribution in [0.1, 0.15) is 16.1 Å². The van der Waals surface area contributed by atoms with E-state index in [1.807, 2.05) is 18.2 Å². The molecule has 0 bridgehead atoms. The van der Waals surface area contributed by atoms with E-state index < -0.39 is 5.82 Å². The minimum absolute atomic E-state index is 0.00101. The number of amides is 1. The Morgan fingerprint density at radius 1 is 1.40 bits per heavy atom. The highest BCUT2D eigenvalue weighted by Gasteiger charge is 2.17. The smallest absolute Gasteiger partial charge is 0.256 e. The highest BCUT2D eigenvalue weighted by Crippen LogP contribution is 2.15. The molecule has 2 rings (SSSR count). The van der Waals surface area contributed by atoms with Gasteiger partial charge < -0.3 is 4.90 Å². The predicted octanol–water partition coefficient (Wildman–Crippen LogP) is 2.58. The SMILES string of the molecule is CN(CCc1ccccn1)C(=O)c1cc(F)cnc1Cl. The van der Waals surface area contributed by atoms with E-state index >= 15 is 0 Å². The van der Waals surface area contributed by atoms with E-state index in [4.69, 9.17) is 11.6 Å². The summed E-state index contributed by atoms with van der Waals surface area (Å²) in [7, 11) is 1.63. The van der Waals surface area contributed by atoms with Crippen molar-refractivity contribution in [3.05, 3.63) is 58.9 Å². The van der Waals surface area contributed by atoms with Crippen LogP contribution in [0.3, 0.4) is 0 Å². The van der Waals surface area contributed by atoms with E-state index in [2.05, 4.69) is 9.97 Å². The first-order valence-electron chi connectivity index (χ1n) is 6.04. The van der Waals surface area contributed by atoms with Gasteiger partial charge >= 0.3 is 0 Å². The molecule has 2 heterocycles. The first-order chi connectivity index (χ1) is 9.58. The van der Waals surface area contributed by atoms with Gasteiger partial charge in [-0.2, -0.15) is 0 Å². The van der Waals surface area contributed by atoms with Gasteiger partial charge in [0.25, 0.3) is 5.91 Å². The quantitative estimate of drug-likeness (QED) is 0.814. The van der Waals surface area contributed by atoms with Crippen molar-refractivity contribution in [3.63, 3.8) is 0 Å². The normalized spacial score (nSPS) is 10.3. The average molecular weight is 294 g/mol. The van der Waals surface area contributed by atoms with Crippen LogP contribution < -0.4 is 0 Å². The van der Waals surface area contributed by atoms with Gasteiger partial charge in [0.15, 0.2) is 0 Å². The van der Waals surface area contributed by atoms with Crippen molar-refractivity contribution >= 4 is 17.5 Å². The van der Waals surface area contributed by atoms with Crippen LogP contribution in [-0.2, 0) is 6.42 Å². The maximum Gasteiger partial charge on any atom is 0.256 e. The molecule has 0 radical (unpaired) electrons. The zero-order valence-electron chi connectivity index (χ0n) is 10.9. The van der Waals surface area contributed by atoms with Gasteiger partial charge in [-0.3, -0.25) is 9.78 Å². The Morgan fingerprint density at radius 2 is 2.20 bits per heavy atom. The van der Waals surface area contributed by atoms with Gasteiger partial charge in [0.2, 0.25) is 0 Å². The van der Waals surface area contributed by atoms with E-state index in [0.717, 1.165) is 18.0 Å². The molecule has 0 saturated heterocycles. The van der Waals surface area contributed by atoms with Gasteiger partial charge in [-0.25, -0.2) is 9.37 Å². The number of likely N-dealkylation sites (N-methyl/N-ethyl adjacent to an activating group) is 1. The molecule has 2 aromatic heterocycles. The molecule has 104 valence electrons. The van der Waals surface area contributed by atoms with Gasteiger partial charge in [-0.05, 0) is 18.2 Å². The molecule has 0 N–H and O–H groups in total. The molecule has 0 aliphatic rings. The summed E-state index contributed by atoms with van der Waals surface area (Å²) in [5.74, 6) is -0.950. The zero-order valence-corrected chi connectivity index (χ0v) is 11.6. The average Bonchev–Trinajstić information content (AvgIpc) is 2.47. The highest BCUT2D eigenvalue weighted by atomic mass is 35.5. The summed E-state index contributed by atoms with van der Waals surface area (Å²) in [6, 6.07) is 6.69. The van der Waals surface area contributed by atoms with Crippen molar-refractivity contribution in [2.75, 3.05) is 13.6 Å². The Kier molecular flexibility index (Phi) is 4.63. The Labute approximate surface area is 121 Å². The lowest BCUT2D eigenvalue weighted by molar-refractivity contribution is 0.0795. The third-order valence-corrected chi connectivity index (χ3v) is 3.11. The van der Waals surface area contributed by atoms with Crippen LogP contribution in [0.4, 0.5) is 4.39 Å². The third kappa shape index (κ3) is 3.51. The van der Waals surface area contributed by atoms with Crippen LogP contribution in [0.25, 0.3) is 0 Å². The van der Waals surface area contributed by atoms with E-state index in [1.54, 1.807) is 13.2 Å². The van der Waals surface area contributed by atoms with Gasteiger partial charge in [0.05, 0.1) is 11.8 Å². The lowest BCUT2D eigenvalue weighted by Crippen LogP contribution is -2.29. The molecule has 20 heavy (non-hydrogen) atoms. The second-order valence-corrected chi connectivity index (χ2v) is 4.65. The Hall–Kier alpha value is -2.01. The molecule has 0 aliphatic heterocycles. The number of hydrogen-bond acceptors (Lipinski definition) is 3. The second kappa shape index (κ2) is 6.43. The molecule has 0 unspecified atom stereocenters. The van der Waals surface area contributed by atoms with Crippen LogP contribution in [0.2, 0.25) is 5.15 Å². The summed E-state index contributed by atoms with van der Waals surface area (Å²) >= 11 is 5.81. The second-order valence-electron chi connectivity index (χ2n) is 4.29. The van der Waals surface area contributed by atoms with E-state index in [1.165, 1.54) is 4.90 Å². The fraction of sp³-hybridized carbons (Fsp3) is 0.214. The minimum atomic E-state index is -0.587. The van der Waals surface area contributed by atoms with Gasteiger partial charge in [-0.15, -0.1) is 0 Å². The molecular weight excluding hydrogens is 281 g/mol. The highest BCUT2D eigenvalue weighted by molar-refractivity contribution is 6.32. The largest absolute Gasteiger partial charge is 0.341 e. The summed E-state index contributed by atoms with van der Waals surface area (Å²) in [4.78, 5) is 21.4. The topological polar surface area (TPSA) is 46.1 Å². The van der Waals surface area contributed by atoms with Crippen molar-refractivity contribution in [2.45, 2.75) is 6.42 Å². The number of rotatable bonds is 4. The van der Waals surface area contributed by atoms with Crippen LogP contribution in [-0.4, -0.2) is 34.4 Å². The summed E-state index contributed by atoms with van der Waals surface area (Å²) in [6.45, 7) is 0.461. The van der Waals surface area contributed by atoms with E-state index in [-0.39, 0.29) is 16.6 Å². The summed E-state index contributed by atoms with van der Waals surface area (Å²) in [5, 5.41) is 0.00101. The number of halogens is 2. The van der Waals surface area contributed by atoms with Crippen molar-refractivity contribution in [1.82, 2.24) is 14.9 Å². The van der Waals surface area contributed by atoms with Crippen LogP contribution in [0, 0.1) is 5.82 Å². The Balaban J connectivity index is 2.03. The summed E-state index contributed by atoms with van der Waals surface area (Å²) in [6.07, 6.45) is 3.29. The lowest BCUT2D eigenvalue weighted by atomic mass is 10.2. The fourth-order valence-electron chi connectivity index (χ4n) is 1.71. The molecule has 0 aliphatic carbocycles. The zero-order chi connectivity index (χ0) is 14.5. The van der Waals surface area contributed by atoms with Crippen molar-refractivity contribution in [1.29, 1.82) is 0 Å². The summed E-state index contributed by atoms with van der Waals surface area (Å²) in [5.41, 5.74) is 0.950. The molecule has 2 aromatic rings. The number of pyridine rings is 2. The maximum absolute atomic E-state index is 13.1. The standard InChI is InChI=1S/C14H13ClFN3O/c1-19(7-5-11-4-2-3-6-17-11)14(20)12-8-10(16)9-18-13(12)15/h2-4,6,8-9H,5,7H2,1H3. The fourth-order valence-corrected chi connectivity index (χ4v) is 1.89. The van der Waals surface area contributed by atoms with E-state index in [0.29, 0.717) is 13.0 Å². The monoisotopic (exact) mass is 293 g/mol. The molecule has 1 amide bonds. The van der Waals surface area contributed by atoms with Gasteiger partial charge in [0.1, 0.15) is 11.0 Å². The predicted molar refractivity (Wildman–Crippen MR) is 74.1 cm³/mol. The molecule has 6 heteroatoms. The molecule has 0 spiro atoms. The van der Waals surface area contributed by atoms with Crippen LogP contribution >= 0.6 is 11.6 Å². The van der Waals surface area contributed by atoms with Gasteiger partial charge in [-0.1, -0.05) is 17.7 Å². The van der Waals surface area contributed by atoms with Crippen molar-refractivity contribution in [3.8, 4) is 0 Å². The molecular formula is C14H13ClFN3O.